The SMILES string of the molecule is Cn1nc(-c2ccc3ncoc3c2)c(Br)c1C(=O)O. The van der Waals surface area contributed by atoms with Gasteiger partial charge in [0.25, 0.3) is 0 Å². The Bertz CT molecular complexity index is 791. The lowest BCUT2D eigenvalue weighted by atomic mass is 10.1. The number of aryl methyl sites for hydroxylation is 1. The Kier molecular flexibility index (Phi) is 2.63. The molecule has 0 atom stereocenters. The molecule has 0 radical (unpaired) electrons. The van der Waals surface area contributed by atoms with Crippen molar-refractivity contribution in [2.75, 3.05) is 0 Å². The Hall–Kier alpha value is -2.15. The van der Waals surface area contributed by atoms with Crippen LogP contribution in [0.4, 0.5) is 0 Å². The van der Waals surface area contributed by atoms with E-state index >= 15 is 0 Å². The van der Waals surface area contributed by atoms with Crippen LogP contribution in [0, 0.1) is 0 Å². The van der Waals surface area contributed by atoms with Crippen LogP contribution in [0.15, 0.2) is 33.5 Å². The molecule has 7 heteroatoms. The number of carbonyl (C=O) groups is 1. The van der Waals surface area contributed by atoms with E-state index in [1.165, 1.54) is 11.1 Å². The Morgan fingerprint density at radius 1 is 1.47 bits per heavy atom. The van der Waals surface area contributed by atoms with Crippen LogP contribution < -0.4 is 0 Å². The van der Waals surface area contributed by atoms with Gasteiger partial charge < -0.3 is 9.52 Å². The predicted molar refractivity (Wildman–Crippen MR) is 70.9 cm³/mol. The molecule has 3 rings (SSSR count). The van der Waals surface area contributed by atoms with Gasteiger partial charge in [-0.1, -0.05) is 6.07 Å². The van der Waals surface area contributed by atoms with Gasteiger partial charge in [0, 0.05) is 12.6 Å². The topological polar surface area (TPSA) is 81.2 Å². The minimum atomic E-state index is -1.03. The van der Waals surface area contributed by atoms with E-state index in [1.807, 2.05) is 6.07 Å². The molecular weight excluding hydrogens is 314 g/mol. The monoisotopic (exact) mass is 321 g/mol. The zero-order chi connectivity index (χ0) is 13.6. The maximum atomic E-state index is 11.1. The van der Waals surface area contributed by atoms with Gasteiger partial charge in [0.05, 0.1) is 4.47 Å². The van der Waals surface area contributed by atoms with Gasteiger partial charge >= 0.3 is 5.97 Å². The lowest BCUT2D eigenvalue weighted by Crippen LogP contribution is -2.05. The van der Waals surface area contributed by atoms with Gasteiger partial charge in [-0.05, 0) is 28.1 Å². The third kappa shape index (κ3) is 1.82. The fourth-order valence-electron chi connectivity index (χ4n) is 1.92. The molecule has 1 aromatic carbocycles. The molecule has 0 unspecified atom stereocenters. The Labute approximate surface area is 115 Å². The van der Waals surface area contributed by atoms with Gasteiger partial charge in [0.15, 0.2) is 17.7 Å². The van der Waals surface area contributed by atoms with Crippen molar-refractivity contribution in [3.05, 3.63) is 34.8 Å². The van der Waals surface area contributed by atoms with Gasteiger partial charge in [0.2, 0.25) is 0 Å². The summed E-state index contributed by atoms with van der Waals surface area (Å²) >= 11 is 3.28. The summed E-state index contributed by atoms with van der Waals surface area (Å²) in [7, 11) is 1.59. The first kappa shape index (κ1) is 11.9. The first-order valence-electron chi connectivity index (χ1n) is 5.37. The Morgan fingerprint density at radius 3 is 2.95 bits per heavy atom. The van der Waals surface area contributed by atoms with E-state index in [9.17, 15) is 4.79 Å². The first-order chi connectivity index (χ1) is 9.08. The number of fused-ring (bicyclic) bond motifs is 1. The molecule has 3 aromatic rings. The maximum Gasteiger partial charge on any atom is 0.355 e. The third-order valence-electron chi connectivity index (χ3n) is 2.80. The number of aromatic carboxylic acids is 1. The Balaban J connectivity index is 2.21. The number of nitrogens with zero attached hydrogens (tertiary/aromatic N) is 3. The molecule has 0 bridgehead atoms. The van der Waals surface area contributed by atoms with Crippen molar-refractivity contribution in [2.24, 2.45) is 7.05 Å². The number of hydrogen-bond acceptors (Lipinski definition) is 4. The van der Waals surface area contributed by atoms with Gasteiger partial charge in [-0.25, -0.2) is 9.78 Å². The number of rotatable bonds is 2. The summed E-state index contributed by atoms with van der Waals surface area (Å²) in [5.74, 6) is -1.03. The van der Waals surface area contributed by atoms with E-state index < -0.39 is 5.97 Å². The van der Waals surface area contributed by atoms with Crippen LogP contribution in [0.1, 0.15) is 10.5 Å². The second-order valence-corrected chi connectivity index (χ2v) is 4.77. The number of carboxylic acid groups (broad SMARTS) is 1. The average Bonchev–Trinajstić information content (AvgIpc) is 2.92. The molecule has 0 saturated heterocycles. The van der Waals surface area contributed by atoms with E-state index in [4.69, 9.17) is 9.52 Å². The summed E-state index contributed by atoms with van der Waals surface area (Å²) in [6.07, 6.45) is 1.37. The molecule has 6 nitrogen and oxygen atoms in total. The smallest absolute Gasteiger partial charge is 0.355 e. The molecule has 96 valence electrons. The molecule has 0 spiro atoms. The van der Waals surface area contributed by atoms with Crippen LogP contribution in [-0.2, 0) is 7.05 Å². The molecule has 2 heterocycles. The van der Waals surface area contributed by atoms with Crippen LogP contribution in [0.5, 0.6) is 0 Å². The maximum absolute atomic E-state index is 11.1. The summed E-state index contributed by atoms with van der Waals surface area (Å²) in [6.45, 7) is 0. The van der Waals surface area contributed by atoms with Crippen molar-refractivity contribution in [1.29, 1.82) is 0 Å². The molecule has 0 aliphatic heterocycles. The predicted octanol–water partition coefficient (Wildman–Crippen LogP) is 2.69. The second kappa shape index (κ2) is 4.20. The van der Waals surface area contributed by atoms with Crippen molar-refractivity contribution >= 4 is 33.0 Å². The Morgan fingerprint density at radius 2 is 2.26 bits per heavy atom. The van der Waals surface area contributed by atoms with Crippen LogP contribution in [0.3, 0.4) is 0 Å². The lowest BCUT2D eigenvalue weighted by molar-refractivity contribution is 0.0684. The van der Waals surface area contributed by atoms with Crippen LogP contribution in [0.2, 0.25) is 0 Å². The van der Waals surface area contributed by atoms with E-state index in [0.717, 1.165) is 11.1 Å². The minimum absolute atomic E-state index is 0.104. The number of carboxylic acids is 1. The molecule has 0 aliphatic rings. The highest BCUT2D eigenvalue weighted by atomic mass is 79.9. The number of oxazole rings is 1. The highest BCUT2D eigenvalue weighted by Crippen LogP contribution is 2.31. The molecule has 0 aliphatic carbocycles. The quantitative estimate of drug-likeness (QED) is 0.784. The number of benzene rings is 1. The minimum Gasteiger partial charge on any atom is -0.476 e. The normalized spacial score (nSPS) is 11.1. The van der Waals surface area contributed by atoms with Crippen molar-refractivity contribution in [2.45, 2.75) is 0 Å². The fourth-order valence-corrected chi connectivity index (χ4v) is 2.65. The summed E-state index contributed by atoms with van der Waals surface area (Å²) in [5.41, 5.74) is 2.80. The summed E-state index contributed by atoms with van der Waals surface area (Å²) in [6, 6.07) is 5.40. The van der Waals surface area contributed by atoms with E-state index in [1.54, 1.807) is 19.2 Å². The molecule has 2 aromatic heterocycles. The van der Waals surface area contributed by atoms with Crippen molar-refractivity contribution in [3.63, 3.8) is 0 Å². The molecule has 1 N–H and O–H groups in total. The molecule has 0 fully saturated rings. The van der Waals surface area contributed by atoms with Crippen molar-refractivity contribution in [1.82, 2.24) is 14.8 Å². The van der Waals surface area contributed by atoms with Gasteiger partial charge in [0.1, 0.15) is 11.2 Å². The number of halogens is 1. The van der Waals surface area contributed by atoms with Crippen molar-refractivity contribution in [3.8, 4) is 11.3 Å². The molecule has 0 saturated carbocycles. The summed E-state index contributed by atoms with van der Waals surface area (Å²) in [4.78, 5) is 15.2. The molecular formula is C12H8BrN3O3. The molecule has 0 amide bonds. The van der Waals surface area contributed by atoms with E-state index in [2.05, 4.69) is 26.0 Å². The third-order valence-corrected chi connectivity index (χ3v) is 3.55. The zero-order valence-electron chi connectivity index (χ0n) is 9.79. The molecule has 19 heavy (non-hydrogen) atoms. The average molecular weight is 322 g/mol. The van der Waals surface area contributed by atoms with E-state index in [-0.39, 0.29) is 5.69 Å². The second-order valence-electron chi connectivity index (χ2n) is 3.97. The highest BCUT2D eigenvalue weighted by Gasteiger charge is 2.20. The fraction of sp³-hybridized carbons (Fsp3) is 0.0833. The van der Waals surface area contributed by atoms with Crippen LogP contribution in [-0.4, -0.2) is 25.8 Å². The van der Waals surface area contributed by atoms with Crippen LogP contribution >= 0.6 is 15.9 Å². The van der Waals surface area contributed by atoms with Gasteiger partial charge in [-0.3, -0.25) is 4.68 Å². The van der Waals surface area contributed by atoms with Crippen LogP contribution in [0.25, 0.3) is 22.4 Å². The number of aromatic nitrogens is 3. The zero-order valence-corrected chi connectivity index (χ0v) is 11.4. The summed E-state index contributed by atoms with van der Waals surface area (Å²) in [5, 5.41) is 13.3. The lowest BCUT2D eigenvalue weighted by Gasteiger charge is -1.97. The van der Waals surface area contributed by atoms with Gasteiger partial charge in [-0.15, -0.1) is 0 Å². The van der Waals surface area contributed by atoms with E-state index in [0.29, 0.717) is 15.7 Å². The summed E-state index contributed by atoms with van der Waals surface area (Å²) < 4.78 is 7.00. The first-order valence-corrected chi connectivity index (χ1v) is 6.16. The van der Waals surface area contributed by atoms with Gasteiger partial charge in [-0.2, -0.15) is 5.10 Å². The number of hydrogen-bond donors (Lipinski definition) is 1. The standard InChI is InChI=1S/C12H8BrN3O3/c1-16-11(12(17)18)9(13)10(15-16)6-2-3-7-8(4-6)19-5-14-7/h2-5H,1H3,(H,17,18). The van der Waals surface area contributed by atoms with Crippen molar-refractivity contribution < 1.29 is 14.3 Å². The highest BCUT2D eigenvalue weighted by molar-refractivity contribution is 9.10. The largest absolute Gasteiger partial charge is 0.476 e.